The van der Waals surface area contributed by atoms with Gasteiger partial charge in [-0.05, 0) is 13.0 Å². The molecule has 6 heteroatoms. The highest BCUT2D eigenvalue weighted by atomic mass is 19.1. The molecule has 1 rings (SSSR count). The minimum absolute atomic E-state index is 0.0686. The highest BCUT2D eigenvalue weighted by Gasteiger charge is 2.27. The number of hydrogen-bond donors (Lipinski definition) is 2. The summed E-state index contributed by atoms with van der Waals surface area (Å²) < 4.78 is 31.1. The van der Waals surface area contributed by atoms with Gasteiger partial charge in [0, 0.05) is 25.2 Å². The number of aliphatic hydroxyl groups is 1. The fourth-order valence-corrected chi connectivity index (χ4v) is 1.58. The largest absolute Gasteiger partial charge is 0.384 e. The first-order valence-electron chi connectivity index (χ1n) is 5.80. The molecule has 0 fully saturated rings. The molecule has 1 atom stereocenters. The van der Waals surface area contributed by atoms with Gasteiger partial charge in [-0.2, -0.15) is 0 Å². The number of methoxy groups -OCH3 is 1. The second-order valence-electron chi connectivity index (χ2n) is 4.42. The van der Waals surface area contributed by atoms with Crippen molar-refractivity contribution in [3.05, 3.63) is 35.4 Å². The van der Waals surface area contributed by atoms with Crippen LogP contribution in [0, 0.1) is 11.6 Å². The topological polar surface area (TPSA) is 58.6 Å². The van der Waals surface area contributed by atoms with Crippen LogP contribution in [-0.4, -0.2) is 31.3 Å². The van der Waals surface area contributed by atoms with Crippen molar-refractivity contribution in [2.75, 3.05) is 20.3 Å². The van der Waals surface area contributed by atoms with Gasteiger partial charge >= 0.3 is 0 Å². The number of rotatable bonds is 6. The maximum atomic E-state index is 13.5. The predicted molar refractivity (Wildman–Crippen MR) is 65.4 cm³/mol. The van der Waals surface area contributed by atoms with Gasteiger partial charge in [-0.15, -0.1) is 0 Å². The lowest BCUT2D eigenvalue weighted by Crippen LogP contribution is -2.39. The monoisotopic (exact) mass is 273 g/mol. The highest BCUT2D eigenvalue weighted by molar-refractivity contribution is 5.76. The Balaban J connectivity index is 2.67. The molecule has 4 nitrogen and oxygen atoms in total. The highest BCUT2D eigenvalue weighted by Crippen LogP contribution is 2.23. The summed E-state index contributed by atoms with van der Waals surface area (Å²) >= 11 is 0. The average molecular weight is 273 g/mol. The van der Waals surface area contributed by atoms with E-state index in [0.29, 0.717) is 6.07 Å². The predicted octanol–water partition coefficient (Wildman–Crippen LogP) is 1.32. The standard InChI is InChI=1S/C13H17F2NO3/c1-13(18,8-16-12(17)5-6-19-2)10-4-3-9(14)7-11(10)15/h3-4,7,18H,5-6,8H2,1-2H3,(H,16,17). The number of amides is 1. The molecule has 0 saturated carbocycles. The third kappa shape index (κ3) is 4.57. The molecule has 0 heterocycles. The van der Waals surface area contributed by atoms with E-state index < -0.39 is 17.2 Å². The number of nitrogens with one attached hydrogen (secondary N) is 1. The third-order valence-electron chi connectivity index (χ3n) is 2.67. The number of halogens is 2. The molecular formula is C13H17F2NO3. The van der Waals surface area contributed by atoms with Gasteiger partial charge in [0.2, 0.25) is 5.91 Å². The van der Waals surface area contributed by atoms with Crippen molar-refractivity contribution in [2.24, 2.45) is 0 Å². The Bertz CT molecular complexity index is 450. The SMILES string of the molecule is COCCC(=O)NCC(C)(O)c1ccc(F)cc1F. The van der Waals surface area contributed by atoms with Crippen molar-refractivity contribution in [2.45, 2.75) is 18.9 Å². The van der Waals surface area contributed by atoms with Gasteiger partial charge in [-0.3, -0.25) is 4.79 Å². The van der Waals surface area contributed by atoms with E-state index in [1.165, 1.54) is 14.0 Å². The molecule has 0 aliphatic rings. The number of benzene rings is 1. The van der Waals surface area contributed by atoms with E-state index in [2.05, 4.69) is 5.32 Å². The van der Waals surface area contributed by atoms with E-state index in [0.717, 1.165) is 12.1 Å². The summed E-state index contributed by atoms with van der Waals surface area (Å²) in [5, 5.41) is 12.6. The first kappa shape index (κ1) is 15.5. The summed E-state index contributed by atoms with van der Waals surface area (Å²) in [6, 6.07) is 2.90. The van der Waals surface area contributed by atoms with Crippen LogP contribution < -0.4 is 5.32 Å². The molecule has 0 radical (unpaired) electrons. The number of carbonyl (C=O) groups is 1. The lowest BCUT2D eigenvalue weighted by atomic mass is 9.95. The van der Waals surface area contributed by atoms with Crippen LogP contribution in [0.4, 0.5) is 8.78 Å². The van der Waals surface area contributed by atoms with Gasteiger partial charge in [-0.1, -0.05) is 6.07 Å². The molecule has 19 heavy (non-hydrogen) atoms. The quantitative estimate of drug-likeness (QED) is 0.822. The molecule has 0 aliphatic carbocycles. The van der Waals surface area contributed by atoms with Gasteiger partial charge in [0.1, 0.15) is 17.2 Å². The molecular weight excluding hydrogens is 256 g/mol. The number of hydrogen-bond acceptors (Lipinski definition) is 3. The Morgan fingerprint density at radius 1 is 1.47 bits per heavy atom. The van der Waals surface area contributed by atoms with Crippen LogP contribution in [0.5, 0.6) is 0 Å². The lowest BCUT2D eigenvalue weighted by molar-refractivity contribution is -0.123. The second-order valence-corrected chi connectivity index (χ2v) is 4.42. The first-order valence-corrected chi connectivity index (χ1v) is 5.80. The second kappa shape index (κ2) is 6.58. The van der Waals surface area contributed by atoms with Crippen LogP contribution in [0.1, 0.15) is 18.9 Å². The van der Waals surface area contributed by atoms with E-state index in [9.17, 15) is 18.7 Å². The molecule has 0 spiro atoms. The zero-order valence-electron chi connectivity index (χ0n) is 10.9. The fourth-order valence-electron chi connectivity index (χ4n) is 1.58. The van der Waals surface area contributed by atoms with Gasteiger partial charge < -0.3 is 15.2 Å². The molecule has 1 aromatic rings. The lowest BCUT2D eigenvalue weighted by Gasteiger charge is -2.24. The molecule has 1 amide bonds. The Labute approximate surface area is 110 Å². The van der Waals surface area contributed by atoms with Crippen LogP contribution in [-0.2, 0) is 15.1 Å². The van der Waals surface area contributed by atoms with Crippen LogP contribution in [0.15, 0.2) is 18.2 Å². The van der Waals surface area contributed by atoms with Crippen molar-refractivity contribution in [3.63, 3.8) is 0 Å². The molecule has 0 aliphatic heterocycles. The molecule has 1 unspecified atom stereocenters. The Hall–Kier alpha value is -1.53. The van der Waals surface area contributed by atoms with Crippen molar-refractivity contribution in [1.82, 2.24) is 5.32 Å². The molecule has 106 valence electrons. The van der Waals surface area contributed by atoms with Crippen molar-refractivity contribution < 1.29 is 23.4 Å². The minimum atomic E-state index is -1.61. The van der Waals surface area contributed by atoms with E-state index >= 15 is 0 Å². The summed E-state index contributed by atoms with van der Waals surface area (Å²) in [5.74, 6) is -1.89. The average Bonchev–Trinajstić information content (AvgIpc) is 2.33. The molecule has 2 N–H and O–H groups in total. The van der Waals surface area contributed by atoms with Gasteiger partial charge in [0.15, 0.2) is 0 Å². The number of carbonyl (C=O) groups excluding carboxylic acids is 1. The molecule has 0 saturated heterocycles. The summed E-state index contributed by atoms with van der Waals surface area (Å²) in [6.45, 7) is 1.44. The summed E-state index contributed by atoms with van der Waals surface area (Å²) in [4.78, 5) is 11.4. The smallest absolute Gasteiger partial charge is 0.222 e. The zero-order valence-corrected chi connectivity index (χ0v) is 10.9. The molecule has 0 bridgehead atoms. The molecule has 1 aromatic carbocycles. The number of ether oxygens (including phenoxy) is 1. The van der Waals surface area contributed by atoms with Crippen molar-refractivity contribution in [3.8, 4) is 0 Å². The van der Waals surface area contributed by atoms with E-state index in [-0.39, 0.29) is 31.0 Å². The van der Waals surface area contributed by atoms with E-state index in [4.69, 9.17) is 4.74 Å². The van der Waals surface area contributed by atoms with Crippen LogP contribution in [0.25, 0.3) is 0 Å². The first-order chi connectivity index (χ1) is 8.86. The van der Waals surface area contributed by atoms with Crippen molar-refractivity contribution in [1.29, 1.82) is 0 Å². The molecule has 0 aromatic heterocycles. The maximum Gasteiger partial charge on any atom is 0.222 e. The Morgan fingerprint density at radius 2 is 2.16 bits per heavy atom. The van der Waals surface area contributed by atoms with E-state index in [1.54, 1.807) is 0 Å². The van der Waals surface area contributed by atoms with Gasteiger partial charge in [0.05, 0.1) is 13.2 Å². The normalized spacial score (nSPS) is 13.9. The summed E-state index contributed by atoms with van der Waals surface area (Å²) in [5.41, 5.74) is -1.68. The Kier molecular flexibility index (Phi) is 5.38. The van der Waals surface area contributed by atoms with Crippen LogP contribution in [0.3, 0.4) is 0 Å². The zero-order chi connectivity index (χ0) is 14.5. The van der Waals surface area contributed by atoms with Crippen molar-refractivity contribution >= 4 is 5.91 Å². The maximum absolute atomic E-state index is 13.5. The summed E-state index contributed by atoms with van der Waals surface area (Å²) in [6.07, 6.45) is 0.151. The van der Waals surface area contributed by atoms with Crippen LogP contribution in [0.2, 0.25) is 0 Å². The fraction of sp³-hybridized carbons (Fsp3) is 0.462. The van der Waals surface area contributed by atoms with E-state index in [1.807, 2.05) is 0 Å². The summed E-state index contributed by atoms with van der Waals surface area (Å²) in [7, 11) is 1.47. The van der Waals surface area contributed by atoms with Crippen LogP contribution >= 0.6 is 0 Å². The van der Waals surface area contributed by atoms with Gasteiger partial charge in [0.25, 0.3) is 0 Å². The third-order valence-corrected chi connectivity index (χ3v) is 2.67. The Morgan fingerprint density at radius 3 is 2.74 bits per heavy atom. The minimum Gasteiger partial charge on any atom is -0.384 e. The van der Waals surface area contributed by atoms with Gasteiger partial charge in [-0.25, -0.2) is 8.78 Å².